The summed E-state index contributed by atoms with van der Waals surface area (Å²) in [6.45, 7) is 1.23. The molecule has 1 aliphatic rings. The summed E-state index contributed by atoms with van der Waals surface area (Å²) in [5.41, 5.74) is 4.79. The molecule has 1 radical (unpaired) electrons. The maximum Gasteiger partial charge on any atom is 0.162 e. The van der Waals surface area contributed by atoms with E-state index in [4.69, 9.17) is 9.47 Å². The number of nitrogens with zero attached hydrogens (tertiary/aromatic N) is 1. The Labute approximate surface area is 91.3 Å². The Morgan fingerprint density at radius 1 is 1.20 bits per heavy atom. The molecule has 0 bridgehead atoms. The minimum absolute atomic E-state index is 0.611. The fourth-order valence-corrected chi connectivity index (χ4v) is 2.02. The largest absolute Gasteiger partial charge is 0.486 e. The number of ether oxygens (including phenoxy) is 2. The second-order valence-corrected chi connectivity index (χ2v) is 3.84. The Hall–Kier alpha value is -1.55. The zero-order valence-electron chi connectivity index (χ0n) is 7.90. The molecule has 3 nitrogen and oxygen atoms in total. The first-order valence-corrected chi connectivity index (χ1v) is 5.53. The first-order valence-electron chi connectivity index (χ1n) is 4.65. The molecular formula is C11H8NO2S. The lowest BCUT2D eigenvalue weighted by Crippen LogP contribution is -2.15. The van der Waals surface area contributed by atoms with Crippen molar-refractivity contribution in [3.63, 3.8) is 0 Å². The molecule has 2 aromatic rings. The molecule has 0 N–H and O–H groups in total. The van der Waals surface area contributed by atoms with E-state index in [0.717, 1.165) is 22.8 Å². The number of hydrogen-bond donors (Lipinski definition) is 0. The first-order chi connectivity index (χ1) is 7.43. The van der Waals surface area contributed by atoms with Gasteiger partial charge in [0.05, 0.1) is 5.69 Å². The summed E-state index contributed by atoms with van der Waals surface area (Å²) in [7, 11) is 0. The fourth-order valence-electron chi connectivity index (χ4n) is 1.52. The summed E-state index contributed by atoms with van der Waals surface area (Å²) >= 11 is 1.46. The summed E-state index contributed by atoms with van der Waals surface area (Å²) in [6, 6.07) is 5.86. The summed E-state index contributed by atoms with van der Waals surface area (Å²) in [5.74, 6) is 1.61. The third kappa shape index (κ3) is 1.57. The maximum atomic E-state index is 5.50. The molecule has 3 rings (SSSR count). The first kappa shape index (κ1) is 8.73. The predicted octanol–water partition coefficient (Wildman–Crippen LogP) is 2.38. The van der Waals surface area contributed by atoms with Crippen molar-refractivity contribution in [3.8, 4) is 22.8 Å². The van der Waals surface area contributed by atoms with Crippen LogP contribution in [-0.4, -0.2) is 18.2 Å². The summed E-state index contributed by atoms with van der Waals surface area (Å²) in [4.78, 5) is 4.13. The molecule has 0 fully saturated rings. The van der Waals surface area contributed by atoms with E-state index in [1.165, 1.54) is 11.3 Å². The lowest BCUT2D eigenvalue weighted by Gasteiger charge is -2.18. The molecule has 4 heteroatoms. The quantitative estimate of drug-likeness (QED) is 0.736. The maximum absolute atomic E-state index is 5.50. The smallest absolute Gasteiger partial charge is 0.162 e. The lowest BCUT2D eigenvalue weighted by molar-refractivity contribution is 0.171. The molecule has 0 saturated carbocycles. The third-order valence-corrected chi connectivity index (χ3v) is 2.77. The Morgan fingerprint density at radius 2 is 2.07 bits per heavy atom. The second kappa shape index (κ2) is 3.55. The highest BCUT2D eigenvalue weighted by Crippen LogP contribution is 2.34. The topological polar surface area (TPSA) is 31.4 Å². The molecule has 0 spiro atoms. The van der Waals surface area contributed by atoms with Crippen LogP contribution in [0.1, 0.15) is 0 Å². The predicted molar refractivity (Wildman–Crippen MR) is 57.4 cm³/mol. The molecule has 0 saturated heterocycles. The molecule has 1 aromatic heterocycles. The number of rotatable bonds is 1. The number of benzene rings is 1. The minimum Gasteiger partial charge on any atom is -0.486 e. The van der Waals surface area contributed by atoms with E-state index in [1.807, 2.05) is 23.6 Å². The molecule has 0 unspecified atom stereocenters. The average Bonchev–Trinajstić information content (AvgIpc) is 2.82. The summed E-state index contributed by atoms with van der Waals surface area (Å²) in [6.07, 6.45) is 0. The molecule has 0 amide bonds. The van der Waals surface area contributed by atoms with E-state index in [0.29, 0.717) is 13.2 Å². The Balaban J connectivity index is 2.04. The van der Waals surface area contributed by atoms with Crippen LogP contribution in [0.3, 0.4) is 0 Å². The zero-order valence-corrected chi connectivity index (χ0v) is 8.71. The Kier molecular flexibility index (Phi) is 2.07. The van der Waals surface area contributed by atoms with Crippen molar-refractivity contribution >= 4 is 11.3 Å². The van der Waals surface area contributed by atoms with Crippen LogP contribution < -0.4 is 9.47 Å². The molecule has 1 aromatic carbocycles. The van der Waals surface area contributed by atoms with Gasteiger partial charge in [-0.15, -0.1) is 11.3 Å². The lowest BCUT2D eigenvalue weighted by atomic mass is 10.1. The van der Waals surface area contributed by atoms with Gasteiger partial charge in [0.2, 0.25) is 0 Å². The van der Waals surface area contributed by atoms with Gasteiger partial charge in [-0.05, 0) is 18.2 Å². The van der Waals surface area contributed by atoms with Crippen molar-refractivity contribution in [2.45, 2.75) is 0 Å². The molecule has 75 valence electrons. The Morgan fingerprint density at radius 3 is 2.87 bits per heavy atom. The van der Waals surface area contributed by atoms with Gasteiger partial charge in [-0.2, -0.15) is 0 Å². The van der Waals surface area contributed by atoms with Crippen LogP contribution in [0.4, 0.5) is 0 Å². The van der Waals surface area contributed by atoms with E-state index < -0.39 is 0 Å². The van der Waals surface area contributed by atoms with Crippen molar-refractivity contribution in [2.24, 2.45) is 0 Å². The summed E-state index contributed by atoms with van der Waals surface area (Å²) < 4.78 is 10.9. The highest BCUT2D eigenvalue weighted by atomic mass is 32.1. The number of aromatic nitrogens is 1. The van der Waals surface area contributed by atoms with Crippen LogP contribution in [0.25, 0.3) is 11.3 Å². The van der Waals surface area contributed by atoms with Gasteiger partial charge < -0.3 is 9.47 Å². The molecule has 1 aliphatic heterocycles. The van der Waals surface area contributed by atoms with Gasteiger partial charge in [0.1, 0.15) is 13.2 Å². The zero-order chi connectivity index (χ0) is 10.1. The SMILES string of the molecule is [c]1nc(-c2ccc3c(c2)OCCO3)cs1. The molecule has 0 atom stereocenters. The Bertz CT molecular complexity index is 467. The van der Waals surface area contributed by atoms with E-state index in [2.05, 4.69) is 10.5 Å². The monoisotopic (exact) mass is 218 g/mol. The van der Waals surface area contributed by atoms with E-state index >= 15 is 0 Å². The average molecular weight is 218 g/mol. The van der Waals surface area contributed by atoms with Crippen molar-refractivity contribution < 1.29 is 9.47 Å². The van der Waals surface area contributed by atoms with Crippen LogP contribution in [0, 0.1) is 5.51 Å². The van der Waals surface area contributed by atoms with Gasteiger partial charge in [-0.3, -0.25) is 0 Å². The van der Waals surface area contributed by atoms with Gasteiger partial charge in [0.25, 0.3) is 0 Å². The van der Waals surface area contributed by atoms with Crippen molar-refractivity contribution in [3.05, 3.63) is 29.1 Å². The van der Waals surface area contributed by atoms with Gasteiger partial charge in [-0.1, -0.05) is 0 Å². The van der Waals surface area contributed by atoms with Crippen LogP contribution in [0.5, 0.6) is 11.5 Å². The van der Waals surface area contributed by atoms with Crippen LogP contribution in [0.15, 0.2) is 23.6 Å². The van der Waals surface area contributed by atoms with Crippen molar-refractivity contribution in [2.75, 3.05) is 13.2 Å². The standard InChI is InChI=1S/C11H8NO2S/c1-2-10-11(14-4-3-13-10)5-8(1)9-6-15-7-12-9/h1-2,5-6H,3-4H2. The molecule has 0 aliphatic carbocycles. The van der Waals surface area contributed by atoms with Gasteiger partial charge in [0, 0.05) is 10.9 Å². The van der Waals surface area contributed by atoms with E-state index in [-0.39, 0.29) is 0 Å². The highest BCUT2D eigenvalue weighted by Gasteiger charge is 2.12. The van der Waals surface area contributed by atoms with Crippen molar-refractivity contribution in [1.29, 1.82) is 0 Å². The summed E-state index contributed by atoms with van der Waals surface area (Å²) in [5, 5.41) is 1.96. The van der Waals surface area contributed by atoms with Crippen molar-refractivity contribution in [1.82, 2.24) is 4.98 Å². The van der Waals surface area contributed by atoms with Gasteiger partial charge >= 0.3 is 0 Å². The minimum atomic E-state index is 0.611. The number of hydrogen-bond acceptors (Lipinski definition) is 4. The van der Waals surface area contributed by atoms with Gasteiger partial charge in [0.15, 0.2) is 17.0 Å². The van der Waals surface area contributed by atoms with E-state index in [9.17, 15) is 0 Å². The van der Waals surface area contributed by atoms with Crippen LogP contribution in [-0.2, 0) is 0 Å². The fraction of sp³-hybridized carbons (Fsp3) is 0.182. The molecular weight excluding hydrogens is 210 g/mol. The van der Waals surface area contributed by atoms with Gasteiger partial charge in [-0.25, -0.2) is 4.98 Å². The third-order valence-electron chi connectivity index (χ3n) is 2.23. The molecule has 15 heavy (non-hydrogen) atoms. The number of thiazole rings is 1. The number of fused-ring (bicyclic) bond motifs is 1. The highest BCUT2D eigenvalue weighted by molar-refractivity contribution is 7.07. The van der Waals surface area contributed by atoms with Crippen LogP contribution >= 0.6 is 11.3 Å². The molecule has 2 heterocycles. The second-order valence-electron chi connectivity index (χ2n) is 3.18. The van der Waals surface area contributed by atoms with E-state index in [1.54, 1.807) is 0 Å². The van der Waals surface area contributed by atoms with Crippen LogP contribution in [0.2, 0.25) is 0 Å². The normalized spacial score (nSPS) is 13.9.